The fourth-order valence-electron chi connectivity index (χ4n) is 5.66. The molecule has 206 valence electrons. The van der Waals surface area contributed by atoms with E-state index in [1.165, 1.54) is 13.4 Å². The normalized spacial score (nSPS) is 16.0. The van der Waals surface area contributed by atoms with E-state index in [0.717, 1.165) is 42.5 Å². The topological polar surface area (TPSA) is 114 Å². The lowest BCUT2D eigenvalue weighted by Crippen LogP contribution is -2.38. The summed E-state index contributed by atoms with van der Waals surface area (Å²) in [4.78, 5) is 31.0. The van der Waals surface area contributed by atoms with Gasteiger partial charge in [0.15, 0.2) is 0 Å². The highest BCUT2D eigenvalue weighted by Crippen LogP contribution is 2.35. The molecule has 0 aliphatic carbocycles. The van der Waals surface area contributed by atoms with Crippen LogP contribution in [0, 0.1) is 19.8 Å². The number of amides is 1. The molecule has 3 heterocycles. The Balaban J connectivity index is 1.55. The molecule has 0 saturated carbocycles. The van der Waals surface area contributed by atoms with E-state index in [-0.39, 0.29) is 29.8 Å². The van der Waals surface area contributed by atoms with Gasteiger partial charge in [-0.1, -0.05) is 18.2 Å². The van der Waals surface area contributed by atoms with E-state index in [1.54, 1.807) is 13.0 Å². The smallest absolute Gasteiger partial charge is 0.256 e. The van der Waals surface area contributed by atoms with E-state index in [0.29, 0.717) is 35.0 Å². The predicted octanol–water partition coefficient (Wildman–Crippen LogP) is 3.20. The van der Waals surface area contributed by atoms with Crippen LogP contribution in [0.5, 0.6) is 5.75 Å². The Bertz CT molecular complexity index is 1480. The molecule has 0 bridgehead atoms. The summed E-state index contributed by atoms with van der Waals surface area (Å²) in [5.41, 5.74) is 3.30. The third kappa shape index (κ3) is 5.96. The number of ether oxygens (including phenoxy) is 1. The number of para-hydroxylation sites is 1. The van der Waals surface area contributed by atoms with Gasteiger partial charge in [0.25, 0.3) is 11.5 Å². The van der Waals surface area contributed by atoms with E-state index in [2.05, 4.69) is 26.7 Å². The summed E-state index contributed by atoms with van der Waals surface area (Å²) in [6.45, 7) is 8.32. The van der Waals surface area contributed by atoms with Crippen molar-refractivity contribution in [2.45, 2.75) is 46.2 Å². The third-order valence-electron chi connectivity index (χ3n) is 7.76. The molecular formula is C28H38N4O5S. The summed E-state index contributed by atoms with van der Waals surface area (Å²) in [5.74, 6) is 0.808. The van der Waals surface area contributed by atoms with Crippen LogP contribution < -0.4 is 15.6 Å². The molecule has 38 heavy (non-hydrogen) atoms. The molecular weight excluding hydrogens is 504 g/mol. The maximum Gasteiger partial charge on any atom is 0.256 e. The number of nitrogens with one attached hydrogen (secondary N) is 2. The van der Waals surface area contributed by atoms with Crippen molar-refractivity contribution in [1.29, 1.82) is 0 Å². The van der Waals surface area contributed by atoms with Crippen LogP contribution in [0.25, 0.3) is 10.9 Å². The summed E-state index contributed by atoms with van der Waals surface area (Å²) in [7, 11) is -1.46. The summed E-state index contributed by atoms with van der Waals surface area (Å²) in [5, 5.41) is 3.82. The second-order valence-corrected chi connectivity index (χ2v) is 12.7. The Morgan fingerprint density at radius 1 is 1.21 bits per heavy atom. The number of aryl methyl sites for hydroxylation is 1. The minimum Gasteiger partial charge on any atom is -0.496 e. The Morgan fingerprint density at radius 2 is 1.89 bits per heavy atom. The molecule has 0 unspecified atom stereocenters. The van der Waals surface area contributed by atoms with Gasteiger partial charge in [0.05, 0.1) is 30.5 Å². The van der Waals surface area contributed by atoms with Gasteiger partial charge in [0.2, 0.25) is 0 Å². The monoisotopic (exact) mass is 542 g/mol. The highest BCUT2D eigenvalue weighted by molar-refractivity contribution is 7.90. The molecule has 1 fully saturated rings. The average molecular weight is 543 g/mol. The van der Waals surface area contributed by atoms with Crippen molar-refractivity contribution >= 4 is 26.6 Å². The van der Waals surface area contributed by atoms with Gasteiger partial charge < -0.3 is 24.5 Å². The number of piperidine rings is 1. The van der Waals surface area contributed by atoms with Crippen LogP contribution in [-0.2, 0) is 16.4 Å². The van der Waals surface area contributed by atoms with Crippen molar-refractivity contribution < 1.29 is 17.9 Å². The zero-order chi connectivity index (χ0) is 27.6. The number of carbonyl (C=O) groups excluding carboxylic acids is 1. The number of carbonyl (C=O) groups is 1. The first-order valence-electron chi connectivity index (χ1n) is 13.0. The zero-order valence-corrected chi connectivity index (χ0v) is 23.7. The van der Waals surface area contributed by atoms with E-state index < -0.39 is 9.84 Å². The highest BCUT2D eigenvalue weighted by Gasteiger charge is 2.29. The number of methoxy groups -OCH3 is 1. The van der Waals surface area contributed by atoms with Gasteiger partial charge in [-0.25, -0.2) is 8.42 Å². The minimum absolute atomic E-state index is 0.0536. The Kier molecular flexibility index (Phi) is 8.32. The number of hydrogen-bond donors (Lipinski definition) is 2. The fourth-order valence-corrected chi connectivity index (χ4v) is 6.25. The molecule has 2 N–H and O–H groups in total. The number of aromatic nitrogens is 2. The largest absolute Gasteiger partial charge is 0.496 e. The van der Waals surface area contributed by atoms with Crippen LogP contribution in [0.1, 0.15) is 53.1 Å². The average Bonchev–Trinajstić information content (AvgIpc) is 3.17. The number of hydrogen-bond acceptors (Lipinski definition) is 6. The molecule has 9 nitrogen and oxygen atoms in total. The predicted molar refractivity (Wildman–Crippen MR) is 150 cm³/mol. The SMILES string of the molecule is COc1cc(C)[nH]c(=O)c1CNC(=O)c1c(C)n([C@H](C)C2CCN(CCS(C)(=O)=O)CC2)c2ccccc12. The maximum absolute atomic E-state index is 13.5. The van der Waals surface area contributed by atoms with Gasteiger partial charge in [-0.15, -0.1) is 0 Å². The number of rotatable bonds is 9. The molecule has 1 amide bonds. The quantitative estimate of drug-likeness (QED) is 0.429. The van der Waals surface area contributed by atoms with Gasteiger partial charge in [0.1, 0.15) is 15.6 Å². The van der Waals surface area contributed by atoms with Crippen molar-refractivity contribution in [2.24, 2.45) is 5.92 Å². The molecule has 1 saturated heterocycles. The first-order valence-corrected chi connectivity index (χ1v) is 15.1. The molecule has 10 heteroatoms. The van der Waals surface area contributed by atoms with Crippen LogP contribution in [0.4, 0.5) is 0 Å². The number of pyridine rings is 1. The molecule has 0 radical (unpaired) electrons. The zero-order valence-electron chi connectivity index (χ0n) is 22.8. The molecule has 0 spiro atoms. The van der Waals surface area contributed by atoms with Crippen LogP contribution in [-0.4, -0.2) is 67.5 Å². The summed E-state index contributed by atoms with van der Waals surface area (Å²) in [6.07, 6.45) is 3.22. The van der Waals surface area contributed by atoms with Crippen molar-refractivity contribution in [3.63, 3.8) is 0 Å². The van der Waals surface area contributed by atoms with Gasteiger partial charge in [-0.05, 0) is 64.8 Å². The number of H-pyrrole nitrogens is 1. The van der Waals surface area contributed by atoms with Gasteiger partial charge in [0, 0.05) is 41.1 Å². The Labute approximate surface area is 224 Å². The lowest BCUT2D eigenvalue weighted by Gasteiger charge is -2.36. The van der Waals surface area contributed by atoms with Gasteiger partial charge >= 0.3 is 0 Å². The third-order valence-corrected chi connectivity index (χ3v) is 8.68. The lowest BCUT2D eigenvalue weighted by atomic mass is 9.90. The number of fused-ring (bicyclic) bond motifs is 1. The maximum atomic E-state index is 13.5. The lowest BCUT2D eigenvalue weighted by molar-refractivity contribution is 0.0951. The van der Waals surface area contributed by atoms with Gasteiger partial charge in [-0.3, -0.25) is 9.59 Å². The molecule has 1 aromatic carbocycles. The van der Waals surface area contributed by atoms with Crippen LogP contribution in [0.3, 0.4) is 0 Å². The molecule has 1 aliphatic rings. The van der Waals surface area contributed by atoms with Gasteiger partial charge in [-0.2, -0.15) is 0 Å². The highest BCUT2D eigenvalue weighted by atomic mass is 32.2. The molecule has 3 aromatic rings. The second-order valence-electron chi connectivity index (χ2n) is 10.4. The number of nitrogens with zero attached hydrogens (tertiary/aromatic N) is 2. The minimum atomic E-state index is -2.97. The molecule has 2 aromatic heterocycles. The standard InChI is InChI=1S/C28H38N4O5S/c1-18-16-25(37-4)23(27(33)30-18)17-29-28(34)26-20(3)32(24-9-7-6-8-22(24)26)19(2)21-10-12-31(13-11-21)14-15-38(5,35)36/h6-9,16,19,21H,10-15,17H2,1-5H3,(H,29,34)(H,30,33)/t19-/m1/s1. The first-order chi connectivity index (χ1) is 18.0. The summed E-state index contributed by atoms with van der Waals surface area (Å²) >= 11 is 0. The fraction of sp³-hybridized carbons (Fsp3) is 0.500. The number of benzene rings is 1. The Morgan fingerprint density at radius 3 is 2.55 bits per heavy atom. The van der Waals surface area contributed by atoms with E-state index in [9.17, 15) is 18.0 Å². The molecule has 1 atom stereocenters. The Hall–Kier alpha value is -3.11. The first kappa shape index (κ1) is 27.9. The number of likely N-dealkylation sites (tertiary alicyclic amines) is 1. The van der Waals surface area contributed by atoms with E-state index >= 15 is 0 Å². The second kappa shape index (κ2) is 11.3. The van der Waals surface area contributed by atoms with Crippen molar-refractivity contribution in [2.75, 3.05) is 38.8 Å². The van der Waals surface area contributed by atoms with Crippen LogP contribution in [0.2, 0.25) is 0 Å². The van der Waals surface area contributed by atoms with Crippen LogP contribution in [0.15, 0.2) is 35.1 Å². The summed E-state index contributed by atoms with van der Waals surface area (Å²) < 4.78 is 30.7. The number of aromatic amines is 1. The molecule has 4 rings (SSSR count). The van der Waals surface area contributed by atoms with Crippen molar-refractivity contribution in [3.8, 4) is 5.75 Å². The van der Waals surface area contributed by atoms with Crippen molar-refractivity contribution in [1.82, 2.24) is 19.8 Å². The van der Waals surface area contributed by atoms with E-state index in [1.807, 2.05) is 31.2 Å². The molecule has 1 aliphatic heterocycles. The van der Waals surface area contributed by atoms with E-state index in [4.69, 9.17) is 4.74 Å². The van der Waals surface area contributed by atoms with Crippen molar-refractivity contribution in [3.05, 3.63) is 63.2 Å². The van der Waals surface area contributed by atoms with Crippen LogP contribution >= 0.6 is 0 Å². The summed E-state index contributed by atoms with van der Waals surface area (Å²) in [6, 6.07) is 9.84. The number of sulfone groups is 1.